The van der Waals surface area contributed by atoms with Gasteiger partial charge in [0.15, 0.2) is 11.5 Å². The highest BCUT2D eigenvalue weighted by Gasteiger charge is 2.34. The van der Waals surface area contributed by atoms with E-state index in [1.54, 1.807) is 43.4 Å². The van der Waals surface area contributed by atoms with E-state index in [1.807, 2.05) is 18.2 Å². The number of hydrogen-bond acceptors (Lipinski definition) is 4. The molecule has 0 spiro atoms. The van der Waals surface area contributed by atoms with E-state index in [2.05, 4.69) is 5.32 Å². The van der Waals surface area contributed by atoms with Crippen LogP contribution < -0.4 is 19.7 Å². The molecule has 0 aliphatic carbocycles. The molecule has 6 nitrogen and oxygen atoms in total. The lowest BCUT2D eigenvalue weighted by Crippen LogP contribution is -2.34. The van der Waals surface area contributed by atoms with Gasteiger partial charge in [-0.25, -0.2) is 0 Å². The van der Waals surface area contributed by atoms with Crippen molar-refractivity contribution in [1.82, 2.24) is 5.32 Å². The molecule has 3 rings (SSSR count). The maximum Gasteiger partial charge on any atom is 0.227 e. The molecule has 1 atom stereocenters. The molecular weight excluding hydrogens is 380 g/mol. The molecule has 7 heteroatoms. The van der Waals surface area contributed by atoms with Gasteiger partial charge in [0.25, 0.3) is 0 Å². The molecule has 1 N–H and O–H groups in total. The third-order valence-electron chi connectivity index (χ3n) is 4.79. The van der Waals surface area contributed by atoms with Crippen LogP contribution in [0.2, 0.25) is 5.02 Å². The average Bonchev–Trinajstić information content (AvgIpc) is 3.10. The molecule has 1 aliphatic heterocycles. The maximum atomic E-state index is 12.5. The smallest absolute Gasteiger partial charge is 0.227 e. The SMILES string of the molecule is COc1ccc(CCNC(=O)C2CC(=O)N(c3ccc(Cl)cc3)C2)cc1OC. The van der Waals surface area contributed by atoms with E-state index in [-0.39, 0.29) is 24.2 Å². The molecule has 1 unspecified atom stereocenters. The fourth-order valence-electron chi connectivity index (χ4n) is 3.26. The number of halogens is 1. The fraction of sp³-hybridized carbons (Fsp3) is 0.333. The normalized spacial score (nSPS) is 16.2. The highest BCUT2D eigenvalue weighted by molar-refractivity contribution is 6.30. The number of amides is 2. The van der Waals surface area contributed by atoms with Gasteiger partial charge in [-0.1, -0.05) is 17.7 Å². The van der Waals surface area contributed by atoms with Gasteiger partial charge < -0.3 is 19.7 Å². The minimum absolute atomic E-state index is 0.0534. The summed E-state index contributed by atoms with van der Waals surface area (Å²) < 4.78 is 10.5. The second-order valence-electron chi connectivity index (χ2n) is 6.61. The van der Waals surface area contributed by atoms with Crippen LogP contribution in [0.1, 0.15) is 12.0 Å². The Morgan fingerprint density at radius 2 is 1.86 bits per heavy atom. The Kier molecular flexibility index (Phi) is 6.41. The zero-order valence-corrected chi connectivity index (χ0v) is 16.7. The van der Waals surface area contributed by atoms with Crippen LogP contribution in [-0.4, -0.2) is 39.1 Å². The van der Waals surface area contributed by atoms with Gasteiger partial charge >= 0.3 is 0 Å². The summed E-state index contributed by atoms with van der Waals surface area (Å²) in [6.07, 6.45) is 0.873. The molecule has 28 heavy (non-hydrogen) atoms. The van der Waals surface area contributed by atoms with Crippen LogP contribution in [0, 0.1) is 5.92 Å². The highest BCUT2D eigenvalue weighted by atomic mass is 35.5. The third-order valence-corrected chi connectivity index (χ3v) is 5.05. The lowest BCUT2D eigenvalue weighted by molar-refractivity contribution is -0.126. The molecular formula is C21H23ClN2O4. The van der Waals surface area contributed by atoms with Crippen LogP contribution in [0.4, 0.5) is 5.69 Å². The van der Waals surface area contributed by atoms with Crippen LogP contribution in [0.25, 0.3) is 0 Å². The number of hydrogen-bond donors (Lipinski definition) is 1. The Bertz CT molecular complexity index is 854. The summed E-state index contributed by atoms with van der Waals surface area (Å²) in [4.78, 5) is 26.4. The summed E-state index contributed by atoms with van der Waals surface area (Å²) in [6.45, 7) is 0.864. The standard InChI is InChI=1S/C21H23ClN2O4/c1-27-18-8-3-14(11-19(18)28-2)9-10-23-21(26)15-12-20(25)24(13-15)17-6-4-16(22)5-7-17/h3-8,11,15H,9-10,12-13H2,1-2H3,(H,23,26). The number of benzene rings is 2. The fourth-order valence-corrected chi connectivity index (χ4v) is 3.39. The van der Waals surface area contributed by atoms with Crippen molar-refractivity contribution in [1.29, 1.82) is 0 Å². The van der Waals surface area contributed by atoms with Gasteiger partial charge in [0, 0.05) is 30.2 Å². The number of nitrogens with zero attached hydrogens (tertiary/aromatic N) is 1. The van der Waals surface area contributed by atoms with Crippen molar-refractivity contribution in [2.45, 2.75) is 12.8 Å². The van der Waals surface area contributed by atoms with Crippen LogP contribution in [0.15, 0.2) is 42.5 Å². The number of carbonyl (C=O) groups is 2. The molecule has 0 bridgehead atoms. The molecule has 1 saturated heterocycles. The molecule has 1 fully saturated rings. The third kappa shape index (κ3) is 4.57. The Labute approximate surface area is 169 Å². The van der Waals surface area contributed by atoms with Crippen molar-refractivity contribution < 1.29 is 19.1 Å². The number of carbonyl (C=O) groups excluding carboxylic acids is 2. The molecule has 2 amide bonds. The van der Waals surface area contributed by atoms with Gasteiger partial charge in [-0.3, -0.25) is 9.59 Å². The number of rotatable bonds is 7. The van der Waals surface area contributed by atoms with Gasteiger partial charge in [0.05, 0.1) is 20.1 Å². The zero-order valence-electron chi connectivity index (χ0n) is 15.9. The average molecular weight is 403 g/mol. The maximum absolute atomic E-state index is 12.5. The van der Waals surface area contributed by atoms with Crippen molar-refractivity contribution in [3.63, 3.8) is 0 Å². The van der Waals surface area contributed by atoms with Crippen molar-refractivity contribution in [2.75, 3.05) is 32.2 Å². The summed E-state index contributed by atoms with van der Waals surface area (Å²) in [7, 11) is 3.18. The monoisotopic (exact) mass is 402 g/mol. The number of methoxy groups -OCH3 is 2. The van der Waals surface area contributed by atoms with Gasteiger partial charge in [-0.05, 0) is 48.4 Å². The highest BCUT2D eigenvalue weighted by Crippen LogP contribution is 2.28. The van der Waals surface area contributed by atoms with Gasteiger partial charge in [0.1, 0.15) is 0 Å². The summed E-state index contributed by atoms with van der Waals surface area (Å²) >= 11 is 5.90. The van der Waals surface area contributed by atoms with E-state index < -0.39 is 0 Å². The van der Waals surface area contributed by atoms with E-state index in [0.717, 1.165) is 11.3 Å². The Hall–Kier alpha value is -2.73. The zero-order chi connectivity index (χ0) is 20.1. The first kappa shape index (κ1) is 20.0. The van der Waals surface area contributed by atoms with Crippen molar-refractivity contribution in [2.24, 2.45) is 5.92 Å². The molecule has 2 aromatic carbocycles. The molecule has 0 aromatic heterocycles. The van der Waals surface area contributed by atoms with Gasteiger partial charge in [-0.15, -0.1) is 0 Å². The first-order chi connectivity index (χ1) is 13.5. The van der Waals surface area contributed by atoms with Crippen LogP contribution in [-0.2, 0) is 16.0 Å². The van der Waals surface area contributed by atoms with E-state index >= 15 is 0 Å². The van der Waals surface area contributed by atoms with Gasteiger partial charge in [-0.2, -0.15) is 0 Å². The summed E-state index contributed by atoms with van der Waals surface area (Å²) in [6, 6.07) is 12.7. The summed E-state index contributed by atoms with van der Waals surface area (Å²) in [5, 5.41) is 3.54. The lowest BCUT2D eigenvalue weighted by Gasteiger charge is -2.17. The predicted molar refractivity (Wildman–Crippen MR) is 108 cm³/mol. The number of ether oxygens (including phenoxy) is 2. The summed E-state index contributed by atoms with van der Waals surface area (Å²) in [5.41, 5.74) is 1.79. The van der Waals surface area contributed by atoms with E-state index in [4.69, 9.17) is 21.1 Å². The van der Waals surface area contributed by atoms with E-state index in [9.17, 15) is 9.59 Å². The van der Waals surface area contributed by atoms with Crippen molar-refractivity contribution in [3.05, 3.63) is 53.1 Å². The predicted octanol–water partition coefficient (Wildman–Crippen LogP) is 3.07. The Morgan fingerprint density at radius 1 is 1.14 bits per heavy atom. The number of nitrogens with one attached hydrogen (secondary N) is 1. The molecule has 0 saturated carbocycles. The summed E-state index contributed by atoms with van der Waals surface area (Å²) in [5.74, 6) is 0.814. The van der Waals surface area contributed by atoms with E-state index in [1.165, 1.54) is 0 Å². The molecule has 2 aromatic rings. The first-order valence-electron chi connectivity index (χ1n) is 9.06. The molecule has 1 aliphatic rings. The largest absolute Gasteiger partial charge is 0.493 e. The minimum atomic E-state index is -0.353. The molecule has 148 valence electrons. The van der Waals surface area contributed by atoms with Crippen molar-refractivity contribution >= 4 is 29.1 Å². The lowest BCUT2D eigenvalue weighted by atomic mass is 10.1. The number of anilines is 1. The van der Waals surface area contributed by atoms with Gasteiger partial charge in [0.2, 0.25) is 11.8 Å². The quantitative estimate of drug-likeness (QED) is 0.772. The van der Waals surface area contributed by atoms with Crippen LogP contribution in [0.5, 0.6) is 11.5 Å². The second kappa shape index (κ2) is 8.97. The van der Waals surface area contributed by atoms with Crippen molar-refractivity contribution in [3.8, 4) is 11.5 Å². The van der Waals surface area contributed by atoms with Crippen LogP contribution in [0.3, 0.4) is 0 Å². The topological polar surface area (TPSA) is 67.9 Å². The molecule has 0 radical (unpaired) electrons. The first-order valence-corrected chi connectivity index (χ1v) is 9.44. The van der Waals surface area contributed by atoms with Crippen LogP contribution >= 0.6 is 11.6 Å². The molecule has 1 heterocycles. The Morgan fingerprint density at radius 3 is 2.54 bits per heavy atom. The second-order valence-corrected chi connectivity index (χ2v) is 7.05. The Balaban J connectivity index is 1.53. The van der Waals surface area contributed by atoms with E-state index in [0.29, 0.717) is 36.0 Å². The minimum Gasteiger partial charge on any atom is -0.493 e.